The Bertz CT molecular complexity index is 242. The SMILES string of the molecule is CNCC(C)(C)NCCc1cccs1. The molecular formula is C11H20N2S. The molecule has 14 heavy (non-hydrogen) atoms. The van der Waals surface area contributed by atoms with Gasteiger partial charge in [-0.15, -0.1) is 11.3 Å². The minimum atomic E-state index is 0.187. The molecule has 0 atom stereocenters. The molecule has 0 fully saturated rings. The van der Waals surface area contributed by atoms with Crippen molar-refractivity contribution in [2.75, 3.05) is 20.1 Å². The van der Waals surface area contributed by atoms with Gasteiger partial charge in [-0.2, -0.15) is 0 Å². The molecule has 1 rings (SSSR count). The highest BCUT2D eigenvalue weighted by Gasteiger charge is 2.14. The Morgan fingerprint density at radius 3 is 2.79 bits per heavy atom. The van der Waals surface area contributed by atoms with E-state index in [1.54, 1.807) is 0 Å². The molecule has 3 heteroatoms. The first-order valence-corrected chi connectivity index (χ1v) is 5.94. The summed E-state index contributed by atoms with van der Waals surface area (Å²) < 4.78 is 0. The van der Waals surface area contributed by atoms with Gasteiger partial charge in [-0.25, -0.2) is 0 Å². The normalized spacial score (nSPS) is 11.9. The van der Waals surface area contributed by atoms with Gasteiger partial charge in [0.1, 0.15) is 0 Å². The predicted molar refractivity (Wildman–Crippen MR) is 64.0 cm³/mol. The average molecular weight is 212 g/mol. The molecule has 80 valence electrons. The van der Waals surface area contributed by atoms with E-state index in [4.69, 9.17) is 0 Å². The first-order chi connectivity index (χ1) is 6.64. The van der Waals surface area contributed by atoms with Crippen LogP contribution in [-0.2, 0) is 6.42 Å². The fourth-order valence-corrected chi connectivity index (χ4v) is 2.19. The van der Waals surface area contributed by atoms with Crippen LogP contribution in [0.4, 0.5) is 0 Å². The van der Waals surface area contributed by atoms with Crippen LogP contribution in [0.5, 0.6) is 0 Å². The van der Waals surface area contributed by atoms with E-state index in [-0.39, 0.29) is 5.54 Å². The van der Waals surface area contributed by atoms with E-state index in [0.29, 0.717) is 0 Å². The Hall–Kier alpha value is -0.380. The molecule has 0 aromatic carbocycles. The summed E-state index contributed by atoms with van der Waals surface area (Å²) in [5, 5.41) is 8.87. The number of likely N-dealkylation sites (N-methyl/N-ethyl adjacent to an activating group) is 1. The number of hydrogen-bond donors (Lipinski definition) is 2. The van der Waals surface area contributed by atoms with E-state index in [0.717, 1.165) is 19.5 Å². The summed E-state index contributed by atoms with van der Waals surface area (Å²) in [7, 11) is 1.99. The maximum atomic E-state index is 3.54. The zero-order valence-electron chi connectivity index (χ0n) is 9.26. The van der Waals surface area contributed by atoms with Crippen molar-refractivity contribution in [3.05, 3.63) is 22.4 Å². The lowest BCUT2D eigenvalue weighted by Crippen LogP contribution is -2.47. The van der Waals surface area contributed by atoms with Gasteiger partial charge in [-0.05, 0) is 38.8 Å². The third kappa shape index (κ3) is 4.22. The molecule has 0 aliphatic carbocycles. The lowest BCUT2D eigenvalue weighted by molar-refractivity contribution is 0.379. The topological polar surface area (TPSA) is 24.1 Å². The number of nitrogens with one attached hydrogen (secondary N) is 2. The van der Waals surface area contributed by atoms with Crippen LogP contribution >= 0.6 is 11.3 Å². The second-order valence-electron chi connectivity index (χ2n) is 4.17. The summed E-state index contributed by atoms with van der Waals surface area (Å²) in [4.78, 5) is 1.46. The van der Waals surface area contributed by atoms with Gasteiger partial charge in [0.25, 0.3) is 0 Å². The van der Waals surface area contributed by atoms with E-state index in [2.05, 4.69) is 42.0 Å². The molecule has 1 heterocycles. The number of rotatable bonds is 6. The molecule has 0 aliphatic rings. The highest BCUT2D eigenvalue weighted by Crippen LogP contribution is 2.09. The Kier molecular flexibility index (Phi) is 4.58. The quantitative estimate of drug-likeness (QED) is 0.752. The summed E-state index contributed by atoms with van der Waals surface area (Å²) in [6, 6.07) is 4.30. The molecule has 0 spiro atoms. The minimum Gasteiger partial charge on any atom is -0.318 e. The van der Waals surface area contributed by atoms with Crippen LogP contribution in [0, 0.1) is 0 Å². The van der Waals surface area contributed by atoms with E-state index in [1.807, 2.05) is 18.4 Å². The van der Waals surface area contributed by atoms with Crippen molar-refractivity contribution >= 4 is 11.3 Å². The average Bonchev–Trinajstić information content (AvgIpc) is 2.56. The Labute approximate surface area is 90.7 Å². The van der Waals surface area contributed by atoms with E-state index < -0.39 is 0 Å². The summed E-state index contributed by atoms with van der Waals surface area (Å²) >= 11 is 1.83. The highest BCUT2D eigenvalue weighted by molar-refractivity contribution is 7.09. The van der Waals surface area contributed by atoms with Crippen LogP contribution in [-0.4, -0.2) is 25.7 Å². The molecule has 0 saturated carbocycles. The Morgan fingerprint density at radius 2 is 2.21 bits per heavy atom. The van der Waals surface area contributed by atoms with Crippen molar-refractivity contribution in [3.63, 3.8) is 0 Å². The smallest absolute Gasteiger partial charge is 0.0249 e. The maximum Gasteiger partial charge on any atom is 0.0249 e. The fourth-order valence-electron chi connectivity index (χ4n) is 1.48. The van der Waals surface area contributed by atoms with Gasteiger partial charge in [-0.1, -0.05) is 6.07 Å². The fraction of sp³-hybridized carbons (Fsp3) is 0.636. The monoisotopic (exact) mass is 212 g/mol. The first kappa shape index (κ1) is 11.7. The van der Waals surface area contributed by atoms with Gasteiger partial charge >= 0.3 is 0 Å². The minimum absolute atomic E-state index is 0.187. The molecule has 0 radical (unpaired) electrons. The van der Waals surface area contributed by atoms with Crippen molar-refractivity contribution in [2.45, 2.75) is 25.8 Å². The van der Waals surface area contributed by atoms with Crippen molar-refractivity contribution in [1.82, 2.24) is 10.6 Å². The van der Waals surface area contributed by atoms with E-state index in [1.165, 1.54) is 4.88 Å². The summed E-state index contributed by atoms with van der Waals surface area (Å²) in [6.07, 6.45) is 1.13. The third-order valence-corrected chi connectivity index (χ3v) is 3.11. The van der Waals surface area contributed by atoms with Gasteiger partial charge < -0.3 is 10.6 Å². The number of thiophene rings is 1. The van der Waals surface area contributed by atoms with Crippen LogP contribution in [0.3, 0.4) is 0 Å². The van der Waals surface area contributed by atoms with Crippen LogP contribution in [0.1, 0.15) is 18.7 Å². The van der Waals surface area contributed by atoms with Gasteiger partial charge in [0.2, 0.25) is 0 Å². The second-order valence-corrected chi connectivity index (χ2v) is 5.20. The van der Waals surface area contributed by atoms with E-state index >= 15 is 0 Å². The predicted octanol–water partition coefficient (Wildman–Crippen LogP) is 1.88. The molecule has 0 bridgehead atoms. The largest absolute Gasteiger partial charge is 0.318 e. The zero-order valence-corrected chi connectivity index (χ0v) is 10.1. The Balaban J connectivity index is 2.20. The molecule has 0 amide bonds. The Morgan fingerprint density at radius 1 is 1.43 bits per heavy atom. The molecule has 2 N–H and O–H groups in total. The molecule has 0 saturated heterocycles. The van der Waals surface area contributed by atoms with Gasteiger partial charge in [0.15, 0.2) is 0 Å². The van der Waals surface area contributed by atoms with Gasteiger partial charge in [0.05, 0.1) is 0 Å². The second kappa shape index (κ2) is 5.49. The molecule has 2 nitrogen and oxygen atoms in total. The molecule has 0 aliphatic heterocycles. The van der Waals surface area contributed by atoms with Gasteiger partial charge in [-0.3, -0.25) is 0 Å². The summed E-state index contributed by atoms with van der Waals surface area (Å²) in [6.45, 7) is 6.49. The summed E-state index contributed by atoms with van der Waals surface area (Å²) in [5.41, 5.74) is 0.187. The number of hydrogen-bond acceptors (Lipinski definition) is 3. The van der Waals surface area contributed by atoms with Crippen molar-refractivity contribution < 1.29 is 0 Å². The van der Waals surface area contributed by atoms with Crippen molar-refractivity contribution in [3.8, 4) is 0 Å². The van der Waals surface area contributed by atoms with Crippen LogP contribution < -0.4 is 10.6 Å². The summed E-state index contributed by atoms with van der Waals surface area (Å²) in [5.74, 6) is 0. The lowest BCUT2D eigenvalue weighted by Gasteiger charge is -2.25. The van der Waals surface area contributed by atoms with Crippen LogP contribution in [0.2, 0.25) is 0 Å². The van der Waals surface area contributed by atoms with Crippen molar-refractivity contribution in [1.29, 1.82) is 0 Å². The standard InChI is InChI=1S/C11H20N2S/c1-11(2,9-12-3)13-7-6-10-5-4-8-14-10/h4-5,8,12-13H,6-7,9H2,1-3H3. The highest BCUT2D eigenvalue weighted by atomic mass is 32.1. The third-order valence-electron chi connectivity index (χ3n) is 2.17. The lowest BCUT2D eigenvalue weighted by atomic mass is 10.1. The van der Waals surface area contributed by atoms with E-state index in [9.17, 15) is 0 Å². The molecular weight excluding hydrogens is 192 g/mol. The molecule has 1 aromatic heterocycles. The molecule has 1 aromatic rings. The zero-order chi connectivity index (χ0) is 10.4. The first-order valence-electron chi connectivity index (χ1n) is 5.06. The molecule has 0 unspecified atom stereocenters. The van der Waals surface area contributed by atoms with Crippen LogP contribution in [0.25, 0.3) is 0 Å². The van der Waals surface area contributed by atoms with Gasteiger partial charge in [0, 0.05) is 23.5 Å². The van der Waals surface area contributed by atoms with Crippen molar-refractivity contribution in [2.24, 2.45) is 0 Å². The van der Waals surface area contributed by atoms with Crippen LogP contribution in [0.15, 0.2) is 17.5 Å². The maximum absolute atomic E-state index is 3.54.